The number of halogens is 2. The van der Waals surface area contributed by atoms with Crippen LogP contribution in [0, 0.1) is 0 Å². The van der Waals surface area contributed by atoms with Crippen molar-refractivity contribution in [2.75, 3.05) is 37.8 Å². The van der Waals surface area contributed by atoms with E-state index in [0.717, 1.165) is 19.5 Å². The van der Waals surface area contributed by atoms with Crippen molar-refractivity contribution >= 4 is 40.7 Å². The summed E-state index contributed by atoms with van der Waals surface area (Å²) in [6.45, 7) is 1.69. The predicted octanol–water partition coefficient (Wildman–Crippen LogP) is 3.40. The van der Waals surface area contributed by atoms with E-state index in [1.54, 1.807) is 30.5 Å². The van der Waals surface area contributed by atoms with Gasteiger partial charge in [-0.1, -0.05) is 23.2 Å². The Labute approximate surface area is 151 Å². The summed E-state index contributed by atoms with van der Waals surface area (Å²) in [5.41, 5.74) is 0.771. The molecule has 0 saturated carbocycles. The Morgan fingerprint density at radius 1 is 1.21 bits per heavy atom. The number of hydrogen-bond donors (Lipinski definition) is 2. The lowest BCUT2D eigenvalue weighted by molar-refractivity contribution is 0.102. The van der Waals surface area contributed by atoms with Crippen LogP contribution in [-0.4, -0.2) is 48.0 Å². The van der Waals surface area contributed by atoms with E-state index in [-0.39, 0.29) is 11.6 Å². The number of anilines is 2. The molecule has 1 aromatic carbocycles. The molecular weight excluding hydrogens is 349 g/mol. The van der Waals surface area contributed by atoms with Crippen molar-refractivity contribution in [3.05, 3.63) is 46.2 Å². The van der Waals surface area contributed by atoms with Crippen LogP contribution < -0.4 is 10.6 Å². The molecule has 0 spiro atoms. The van der Waals surface area contributed by atoms with Crippen molar-refractivity contribution in [1.82, 2.24) is 14.9 Å². The summed E-state index contributed by atoms with van der Waals surface area (Å²) in [4.78, 5) is 22.7. The maximum atomic E-state index is 12.3. The minimum Gasteiger partial charge on any atom is -0.354 e. The number of carbonyl (C=O) groups is 1. The summed E-state index contributed by atoms with van der Waals surface area (Å²) >= 11 is 11.8. The van der Waals surface area contributed by atoms with Crippen molar-refractivity contribution < 1.29 is 4.79 Å². The molecular formula is C16H19Cl2N5O. The van der Waals surface area contributed by atoms with Gasteiger partial charge in [-0.25, -0.2) is 9.97 Å². The summed E-state index contributed by atoms with van der Waals surface area (Å²) < 4.78 is 0. The summed E-state index contributed by atoms with van der Waals surface area (Å²) in [5.74, 6) is 0.0672. The number of benzene rings is 1. The van der Waals surface area contributed by atoms with Crippen molar-refractivity contribution in [2.24, 2.45) is 0 Å². The maximum Gasteiger partial charge on any atom is 0.274 e. The van der Waals surface area contributed by atoms with Crippen LogP contribution in [0.4, 0.5) is 11.6 Å². The largest absolute Gasteiger partial charge is 0.354 e. The SMILES string of the molecule is CN(C)CCCNc1nccc(C(=O)Nc2cc(Cl)cc(Cl)c2)n1. The third-order valence-corrected chi connectivity index (χ3v) is 3.51. The highest BCUT2D eigenvalue weighted by Gasteiger charge is 2.10. The smallest absolute Gasteiger partial charge is 0.274 e. The van der Waals surface area contributed by atoms with Crippen LogP contribution in [0.15, 0.2) is 30.5 Å². The number of hydrogen-bond acceptors (Lipinski definition) is 5. The number of carbonyl (C=O) groups excluding carboxylic acids is 1. The van der Waals surface area contributed by atoms with Crippen molar-refractivity contribution in [1.29, 1.82) is 0 Å². The summed E-state index contributed by atoms with van der Waals surface area (Å²) in [6, 6.07) is 6.38. The van der Waals surface area contributed by atoms with Gasteiger partial charge in [0.05, 0.1) is 0 Å². The lowest BCUT2D eigenvalue weighted by Gasteiger charge is -2.10. The molecule has 2 N–H and O–H groups in total. The molecule has 1 aromatic heterocycles. The van der Waals surface area contributed by atoms with Gasteiger partial charge in [0.15, 0.2) is 0 Å². The minimum absolute atomic E-state index is 0.260. The van der Waals surface area contributed by atoms with Gasteiger partial charge in [-0.3, -0.25) is 4.79 Å². The molecule has 2 rings (SSSR count). The van der Waals surface area contributed by atoms with Gasteiger partial charge in [-0.05, 0) is 51.3 Å². The molecule has 0 radical (unpaired) electrons. The molecule has 0 bridgehead atoms. The minimum atomic E-state index is -0.355. The summed E-state index contributed by atoms with van der Waals surface area (Å²) in [5, 5.41) is 6.72. The van der Waals surface area contributed by atoms with Gasteiger partial charge in [-0.15, -0.1) is 0 Å². The van der Waals surface area contributed by atoms with Crippen molar-refractivity contribution in [3.8, 4) is 0 Å². The Morgan fingerprint density at radius 3 is 2.58 bits per heavy atom. The van der Waals surface area contributed by atoms with E-state index >= 15 is 0 Å². The number of aromatic nitrogens is 2. The van der Waals surface area contributed by atoms with Gasteiger partial charge in [0, 0.05) is 28.5 Å². The average molecular weight is 368 g/mol. The molecule has 0 unspecified atom stereocenters. The van der Waals surface area contributed by atoms with Gasteiger partial charge in [0.2, 0.25) is 5.95 Å². The fraction of sp³-hybridized carbons (Fsp3) is 0.312. The zero-order valence-electron chi connectivity index (χ0n) is 13.5. The molecule has 0 aliphatic carbocycles. The quantitative estimate of drug-likeness (QED) is 0.733. The lowest BCUT2D eigenvalue weighted by Crippen LogP contribution is -2.18. The van der Waals surface area contributed by atoms with Gasteiger partial charge >= 0.3 is 0 Å². The third kappa shape index (κ3) is 5.96. The van der Waals surface area contributed by atoms with Gasteiger partial charge in [0.1, 0.15) is 5.69 Å². The fourth-order valence-corrected chi connectivity index (χ4v) is 2.51. The molecule has 1 amide bonds. The van der Waals surface area contributed by atoms with E-state index in [9.17, 15) is 4.79 Å². The van der Waals surface area contributed by atoms with Crippen LogP contribution in [0.2, 0.25) is 10.0 Å². The predicted molar refractivity (Wildman–Crippen MR) is 98.1 cm³/mol. The first-order chi connectivity index (χ1) is 11.4. The van der Waals surface area contributed by atoms with E-state index in [1.807, 2.05) is 14.1 Å². The normalized spacial score (nSPS) is 10.7. The molecule has 2 aromatic rings. The lowest BCUT2D eigenvalue weighted by atomic mass is 10.3. The second kappa shape index (κ2) is 8.82. The second-order valence-corrected chi connectivity index (χ2v) is 6.33. The molecule has 0 aliphatic rings. The van der Waals surface area contributed by atoms with Gasteiger partial charge < -0.3 is 15.5 Å². The molecule has 6 nitrogen and oxygen atoms in total. The molecule has 0 saturated heterocycles. The molecule has 1 heterocycles. The molecule has 0 aliphatic heterocycles. The van der Waals surface area contributed by atoms with Crippen LogP contribution in [0.1, 0.15) is 16.9 Å². The standard InChI is InChI=1S/C16H19Cl2N5O/c1-23(2)7-3-5-19-16-20-6-4-14(22-16)15(24)21-13-9-11(17)8-12(18)10-13/h4,6,8-10H,3,5,7H2,1-2H3,(H,21,24)(H,19,20,22). The maximum absolute atomic E-state index is 12.3. The highest BCUT2D eigenvalue weighted by molar-refractivity contribution is 6.35. The molecule has 24 heavy (non-hydrogen) atoms. The average Bonchev–Trinajstić information content (AvgIpc) is 2.50. The summed E-state index contributed by atoms with van der Waals surface area (Å²) in [7, 11) is 4.03. The van der Waals surface area contributed by atoms with E-state index in [1.165, 1.54) is 0 Å². The van der Waals surface area contributed by atoms with Crippen LogP contribution in [-0.2, 0) is 0 Å². The highest BCUT2D eigenvalue weighted by atomic mass is 35.5. The number of nitrogens with one attached hydrogen (secondary N) is 2. The number of rotatable bonds is 7. The first-order valence-corrected chi connectivity index (χ1v) is 8.19. The second-order valence-electron chi connectivity index (χ2n) is 5.46. The first-order valence-electron chi connectivity index (χ1n) is 7.43. The first kappa shape index (κ1) is 18.4. The Hall–Kier alpha value is -1.89. The molecule has 0 atom stereocenters. The van der Waals surface area contributed by atoms with Crippen LogP contribution in [0.5, 0.6) is 0 Å². The summed E-state index contributed by atoms with van der Waals surface area (Å²) in [6.07, 6.45) is 2.49. The fourth-order valence-electron chi connectivity index (χ4n) is 1.99. The van der Waals surface area contributed by atoms with Crippen LogP contribution in [0.25, 0.3) is 0 Å². The molecule has 128 valence electrons. The monoisotopic (exact) mass is 367 g/mol. The van der Waals surface area contributed by atoms with E-state index in [0.29, 0.717) is 21.7 Å². The Morgan fingerprint density at radius 2 is 1.92 bits per heavy atom. The molecule has 0 fully saturated rings. The van der Waals surface area contributed by atoms with E-state index < -0.39 is 0 Å². The number of amides is 1. The third-order valence-electron chi connectivity index (χ3n) is 3.07. The zero-order valence-corrected chi connectivity index (χ0v) is 15.0. The number of nitrogens with zero attached hydrogens (tertiary/aromatic N) is 3. The zero-order chi connectivity index (χ0) is 17.5. The van der Waals surface area contributed by atoms with Gasteiger partial charge in [0.25, 0.3) is 5.91 Å². The van der Waals surface area contributed by atoms with Crippen molar-refractivity contribution in [3.63, 3.8) is 0 Å². The van der Waals surface area contributed by atoms with E-state index in [4.69, 9.17) is 23.2 Å². The van der Waals surface area contributed by atoms with E-state index in [2.05, 4.69) is 25.5 Å². The Bertz CT molecular complexity index is 688. The van der Waals surface area contributed by atoms with Crippen LogP contribution >= 0.6 is 23.2 Å². The van der Waals surface area contributed by atoms with Gasteiger partial charge in [-0.2, -0.15) is 0 Å². The molecule has 8 heteroatoms. The van der Waals surface area contributed by atoms with Crippen LogP contribution in [0.3, 0.4) is 0 Å². The Balaban J connectivity index is 1.98. The highest BCUT2D eigenvalue weighted by Crippen LogP contribution is 2.22. The Kier molecular flexibility index (Phi) is 6.78. The van der Waals surface area contributed by atoms with Crippen molar-refractivity contribution in [2.45, 2.75) is 6.42 Å². The topological polar surface area (TPSA) is 70.2 Å².